The number of phenols is 1. The van der Waals surface area contributed by atoms with E-state index in [9.17, 15) is 20.1 Å². The summed E-state index contributed by atoms with van der Waals surface area (Å²) in [5.74, 6) is -1.29. The van der Waals surface area contributed by atoms with Crippen LogP contribution in [0.1, 0.15) is 0 Å². The molecule has 1 aromatic carbocycles. The van der Waals surface area contributed by atoms with E-state index in [1.807, 2.05) is 0 Å². The van der Waals surface area contributed by atoms with Gasteiger partial charge in [-0.25, -0.2) is 4.79 Å². The molecule has 0 aliphatic carbocycles. The highest BCUT2D eigenvalue weighted by Gasteiger charge is 2.48. The minimum atomic E-state index is -1.76. The van der Waals surface area contributed by atoms with Gasteiger partial charge in [0.2, 0.25) is 6.29 Å². The number of hydrogen-bond acceptors (Lipinski definition) is 7. The Balaban J connectivity index is 2.13. The van der Waals surface area contributed by atoms with Crippen molar-refractivity contribution in [1.29, 1.82) is 0 Å². The molecule has 1 aromatic rings. The van der Waals surface area contributed by atoms with Crippen LogP contribution in [-0.2, 0) is 9.53 Å². The van der Waals surface area contributed by atoms with Crippen LogP contribution in [0.4, 0.5) is 0 Å². The summed E-state index contributed by atoms with van der Waals surface area (Å²) in [5.41, 5.74) is 0. The molecule has 1 aliphatic rings. The summed E-state index contributed by atoms with van der Waals surface area (Å²) in [6, 6.07) is 5.40. The van der Waals surface area contributed by atoms with Gasteiger partial charge in [0.05, 0.1) is 0 Å². The van der Waals surface area contributed by atoms with E-state index >= 15 is 0 Å². The smallest absolute Gasteiger partial charge is 0.335 e. The van der Waals surface area contributed by atoms with Crippen LogP contribution in [0.25, 0.3) is 0 Å². The molecule has 0 amide bonds. The fourth-order valence-corrected chi connectivity index (χ4v) is 1.81. The van der Waals surface area contributed by atoms with Gasteiger partial charge in [0.1, 0.15) is 29.8 Å². The number of aromatic hydroxyl groups is 1. The first-order valence-electron chi connectivity index (χ1n) is 5.78. The Hall–Kier alpha value is -1.87. The molecule has 0 radical (unpaired) electrons. The Morgan fingerprint density at radius 1 is 1.05 bits per heavy atom. The first-order valence-corrected chi connectivity index (χ1v) is 5.78. The van der Waals surface area contributed by atoms with E-state index in [4.69, 9.17) is 19.7 Å². The molecule has 1 heterocycles. The van der Waals surface area contributed by atoms with Crippen molar-refractivity contribution >= 4 is 5.97 Å². The molecule has 0 spiro atoms. The lowest BCUT2D eigenvalue weighted by Gasteiger charge is -2.38. The largest absolute Gasteiger partial charge is 0.508 e. The van der Waals surface area contributed by atoms with Crippen molar-refractivity contribution < 1.29 is 39.8 Å². The van der Waals surface area contributed by atoms with Gasteiger partial charge in [-0.15, -0.1) is 0 Å². The zero-order valence-corrected chi connectivity index (χ0v) is 10.2. The molecule has 5 atom stereocenters. The minimum absolute atomic E-state index is 0.00123. The number of aliphatic hydroxyl groups excluding tert-OH is 3. The third kappa shape index (κ3) is 2.83. The molecule has 0 unspecified atom stereocenters. The number of ether oxygens (including phenoxy) is 2. The molecule has 1 fully saturated rings. The minimum Gasteiger partial charge on any atom is -0.508 e. The number of aliphatic carboxylic acids is 1. The van der Waals surface area contributed by atoms with Crippen LogP contribution in [0.2, 0.25) is 0 Å². The van der Waals surface area contributed by atoms with Crippen LogP contribution in [0.3, 0.4) is 0 Å². The molecule has 0 bridgehead atoms. The van der Waals surface area contributed by atoms with E-state index in [1.54, 1.807) is 0 Å². The molecule has 0 aromatic heterocycles. The second kappa shape index (κ2) is 5.63. The molecular formula is C12H14O8. The number of phenolic OH excluding ortho intramolecular Hbond substituents is 1. The summed E-state index contributed by atoms with van der Waals surface area (Å²) in [5, 5.41) is 46.8. The van der Waals surface area contributed by atoms with Gasteiger partial charge < -0.3 is 35.0 Å². The van der Waals surface area contributed by atoms with E-state index in [0.717, 1.165) is 0 Å². The SMILES string of the molecule is O=C(O)[C@H]1O[C@H](Oc2ccc(O)cc2)[C@H](O)[C@@H](O)[C@@H]1O. The summed E-state index contributed by atoms with van der Waals surface area (Å²) in [6.07, 6.45) is -8.27. The molecule has 20 heavy (non-hydrogen) atoms. The maximum atomic E-state index is 10.9. The van der Waals surface area contributed by atoms with Crippen LogP contribution in [0.15, 0.2) is 24.3 Å². The maximum absolute atomic E-state index is 10.9. The molecule has 8 heteroatoms. The number of benzene rings is 1. The number of rotatable bonds is 3. The predicted molar refractivity (Wildman–Crippen MR) is 63.1 cm³/mol. The second-order valence-corrected chi connectivity index (χ2v) is 4.35. The average Bonchev–Trinajstić information content (AvgIpc) is 2.41. The zero-order valence-electron chi connectivity index (χ0n) is 10.2. The number of carbonyl (C=O) groups is 1. The van der Waals surface area contributed by atoms with Crippen molar-refractivity contribution in [3.05, 3.63) is 24.3 Å². The highest BCUT2D eigenvalue weighted by Crippen LogP contribution is 2.25. The Morgan fingerprint density at radius 2 is 1.65 bits per heavy atom. The maximum Gasteiger partial charge on any atom is 0.335 e. The van der Waals surface area contributed by atoms with Crippen LogP contribution in [-0.4, -0.2) is 62.2 Å². The third-order valence-electron chi connectivity index (χ3n) is 2.90. The topological polar surface area (TPSA) is 137 Å². The normalized spacial score (nSPS) is 33.6. The van der Waals surface area contributed by atoms with E-state index < -0.39 is 36.7 Å². The molecule has 2 rings (SSSR count). The first kappa shape index (κ1) is 14.5. The van der Waals surface area contributed by atoms with E-state index in [0.29, 0.717) is 0 Å². The van der Waals surface area contributed by atoms with E-state index in [-0.39, 0.29) is 11.5 Å². The lowest BCUT2D eigenvalue weighted by atomic mass is 9.99. The number of hydrogen-bond donors (Lipinski definition) is 5. The van der Waals surface area contributed by atoms with E-state index in [2.05, 4.69) is 0 Å². The molecule has 0 saturated carbocycles. The molecule has 110 valence electrons. The summed E-state index contributed by atoms with van der Waals surface area (Å²) >= 11 is 0. The van der Waals surface area contributed by atoms with Crippen molar-refractivity contribution in [3.63, 3.8) is 0 Å². The van der Waals surface area contributed by atoms with Gasteiger partial charge in [0.15, 0.2) is 6.10 Å². The van der Waals surface area contributed by atoms with Crippen molar-refractivity contribution in [2.24, 2.45) is 0 Å². The van der Waals surface area contributed by atoms with Gasteiger partial charge in [-0.2, -0.15) is 0 Å². The third-order valence-corrected chi connectivity index (χ3v) is 2.90. The van der Waals surface area contributed by atoms with Gasteiger partial charge in [0, 0.05) is 0 Å². The summed E-state index contributed by atoms with van der Waals surface area (Å²) in [6.45, 7) is 0. The lowest BCUT2D eigenvalue weighted by molar-refractivity contribution is -0.271. The monoisotopic (exact) mass is 286 g/mol. The average molecular weight is 286 g/mol. The second-order valence-electron chi connectivity index (χ2n) is 4.35. The van der Waals surface area contributed by atoms with Crippen molar-refractivity contribution in [1.82, 2.24) is 0 Å². The fraction of sp³-hybridized carbons (Fsp3) is 0.417. The van der Waals surface area contributed by atoms with Gasteiger partial charge >= 0.3 is 5.97 Å². The Kier molecular flexibility index (Phi) is 4.09. The summed E-state index contributed by atoms with van der Waals surface area (Å²) in [4.78, 5) is 10.9. The van der Waals surface area contributed by atoms with Crippen molar-refractivity contribution in [2.75, 3.05) is 0 Å². The van der Waals surface area contributed by atoms with Crippen LogP contribution in [0, 0.1) is 0 Å². The Bertz CT molecular complexity index is 473. The summed E-state index contributed by atoms with van der Waals surface area (Å²) in [7, 11) is 0. The van der Waals surface area contributed by atoms with Crippen molar-refractivity contribution in [2.45, 2.75) is 30.7 Å². The zero-order chi connectivity index (χ0) is 14.9. The van der Waals surface area contributed by atoms with Crippen LogP contribution in [0.5, 0.6) is 11.5 Å². The fourth-order valence-electron chi connectivity index (χ4n) is 1.81. The lowest BCUT2D eigenvalue weighted by Crippen LogP contribution is -2.61. The van der Waals surface area contributed by atoms with Gasteiger partial charge in [-0.3, -0.25) is 0 Å². The molecule has 1 saturated heterocycles. The number of aliphatic hydroxyl groups is 3. The highest BCUT2D eigenvalue weighted by atomic mass is 16.7. The molecule has 5 N–H and O–H groups in total. The Morgan fingerprint density at radius 3 is 2.20 bits per heavy atom. The van der Waals surface area contributed by atoms with Crippen molar-refractivity contribution in [3.8, 4) is 11.5 Å². The molecule has 1 aliphatic heterocycles. The first-order chi connectivity index (χ1) is 9.40. The summed E-state index contributed by atoms with van der Waals surface area (Å²) < 4.78 is 10.1. The molecule has 8 nitrogen and oxygen atoms in total. The Labute approximate surface area is 113 Å². The predicted octanol–water partition coefficient (Wildman–Crippen LogP) is -1.34. The van der Waals surface area contributed by atoms with Gasteiger partial charge in [-0.1, -0.05) is 0 Å². The quantitative estimate of drug-likeness (QED) is 0.460. The van der Waals surface area contributed by atoms with Gasteiger partial charge in [0.25, 0.3) is 0 Å². The number of carboxylic acids is 1. The van der Waals surface area contributed by atoms with Crippen LogP contribution < -0.4 is 4.74 Å². The standard InChI is InChI=1S/C12H14O8/c13-5-1-3-6(4-2-5)19-12-9(16)7(14)8(15)10(20-12)11(17)18/h1-4,7-10,12-16H,(H,17,18)/t7-,8-,9+,10-,12-/m0/s1. The van der Waals surface area contributed by atoms with E-state index in [1.165, 1.54) is 24.3 Å². The van der Waals surface area contributed by atoms with Gasteiger partial charge in [-0.05, 0) is 24.3 Å². The molecular weight excluding hydrogens is 272 g/mol. The highest BCUT2D eigenvalue weighted by molar-refractivity contribution is 5.73. The number of carboxylic acid groups (broad SMARTS) is 1. The van der Waals surface area contributed by atoms with Crippen LogP contribution >= 0.6 is 0 Å².